The van der Waals surface area contributed by atoms with Gasteiger partial charge < -0.3 is 45.3 Å². The summed E-state index contributed by atoms with van der Waals surface area (Å²) in [6.07, 6.45) is -8.31. The number of hydroxylamine groups is 2. The fraction of sp³-hybridized carbons (Fsp3) is 1.00. The standard InChI is InChI=1S/C15H30N2O9/c1-2-3-4-16-5-10(20)17(24)14(8(16)6-18)26-15-13(23)12(22)11(21)9(7-19)25-15/h8-15,18-24H,2-7H2,1H3/t8-,9-,10+,11-,12+,13-,14-,15+/m1/s1. The summed E-state index contributed by atoms with van der Waals surface area (Å²) in [6.45, 7) is 1.63. The van der Waals surface area contributed by atoms with Crippen molar-refractivity contribution >= 4 is 0 Å². The third-order valence-corrected chi connectivity index (χ3v) is 4.87. The highest BCUT2D eigenvalue weighted by Crippen LogP contribution is 2.27. The van der Waals surface area contributed by atoms with Crippen LogP contribution in [0.5, 0.6) is 0 Å². The number of aliphatic hydroxyl groups is 6. The first-order chi connectivity index (χ1) is 12.3. The minimum Gasteiger partial charge on any atom is -0.395 e. The second-order valence-corrected chi connectivity index (χ2v) is 6.68. The first-order valence-corrected chi connectivity index (χ1v) is 8.81. The SMILES string of the molecule is CCCCN1C[C@H](O)N(O)[C@H](O[C@@H]2O[C@H](CO)[C@@H](O)[C@H](O)[C@H]2O)[C@H]1CO. The maximum absolute atomic E-state index is 10.2. The third-order valence-electron chi connectivity index (χ3n) is 4.87. The lowest BCUT2D eigenvalue weighted by atomic mass is 9.99. The van der Waals surface area contributed by atoms with E-state index < -0.39 is 62.4 Å². The van der Waals surface area contributed by atoms with Crippen molar-refractivity contribution in [1.82, 2.24) is 9.96 Å². The van der Waals surface area contributed by atoms with Crippen LogP contribution in [0.4, 0.5) is 0 Å². The van der Waals surface area contributed by atoms with Crippen LogP contribution in [-0.2, 0) is 9.47 Å². The molecule has 11 heteroatoms. The minimum absolute atomic E-state index is 0.0935. The summed E-state index contributed by atoms with van der Waals surface area (Å²) in [6, 6.07) is -0.720. The van der Waals surface area contributed by atoms with Gasteiger partial charge in [-0.15, -0.1) is 5.06 Å². The molecule has 0 amide bonds. The summed E-state index contributed by atoms with van der Waals surface area (Å²) in [7, 11) is 0. The molecule has 2 rings (SSSR count). The Hall–Kier alpha value is -0.440. The quantitative estimate of drug-likeness (QED) is 0.235. The van der Waals surface area contributed by atoms with Crippen LogP contribution in [0, 0.1) is 0 Å². The molecule has 11 nitrogen and oxygen atoms in total. The molecule has 0 spiro atoms. The molecule has 0 radical (unpaired) electrons. The van der Waals surface area contributed by atoms with Crippen LogP contribution < -0.4 is 0 Å². The van der Waals surface area contributed by atoms with E-state index >= 15 is 0 Å². The van der Waals surface area contributed by atoms with E-state index in [4.69, 9.17) is 9.47 Å². The van der Waals surface area contributed by atoms with Gasteiger partial charge in [-0.2, -0.15) is 0 Å². The molecule has 7 N–H and O–H groups in total. The van der Waals surface area contributed by atoms with Gasteiger partial charge >= 0.3 is 0 Å². The van der Waals surface area contributed by atoms with Crippen LogP contribution >= 0.6 is 0 Å². The van der Waals surface area contributed by atoms with Gasteiger partial charge in [0.05, 0.1) is 19.3 Å². The molecule has 2 heterocycles. The molecule has 0 bridgehead atoms. The lowest BCUT2D eigenvalue weighted by Crippen LogP contribution is -2.67. The second-order valence-electron chi connectivity index (χ2n) is 6.68. The van der Waals surface area contributed by atoms with Crippen molar-refractivity contribution in [2.45, 2.75) is 69.0 Å². The van der Waals surface area contributed by atoms with Crippen LogP contribution in [-0.4, -0.2) is 121 Å². The second kappa shape index (κ2) is 9.66. The van der Waals surface area contributed by atoms with E-state index in [1.165, 1.54) is 0 Å². The Labute approximate surface area is 151 Å². The highest BCUT2D eigenvalue weighted by molar-refractivity contribution is 4.91. The number of hydrogen-bond donors (Lipinski definition) is 7. The van der Waals surface area contributed by atoms with Crippen molar-refractivity contribution in [3.63, 3.8) is 0 Å². The van der Waals surface area contributed by atoms with Crippen molar-refractivity contribution < 1.29 is 45.3 Å². The molecule has 0 aromatic carbocycles. The Kier molecular flexibility index (Phi) is 8.12. The maximum Gasteiger partial charge on any atom is 0.188 e. The smallest absolute Gasteiger partial charge is 0.188 e. The van der Waals surface area contributed by atoms with Gasteiger partial charge in [0.15, 0.2) is 12.5 Å². The lowest BCUT2D eigenvalue weighted by Gasteiger charge is -2.48. The van der Waals surface area contributed by atoms with Crippen molar-refractivity contribution in [2.75, 3.05) is 26.3 Å². The molecule has 26 heavy (non-hydrogen) atoms. The lowest BCUT2D eigenvalue weighted by molar-refractivity contribution is -0.383. The number of ether oxygens (including phenoxy) is 2. The van der Waals surface area contributed by atoms with Gasteiger partial charge in [0.2, 0.25) is 0 Å². The molecular weight excluding hydrogens is 352 g/mol. The number of rotatable bonds is 7. The summed E-state index contributed by atoms with van der Waals surface area (Å²) < 4.78 is 10.8. The van der Waals surface area contributed by atoms with Gasteiger partial charge in [0.1, 0.15) is 30.6 Å². The monoisotopic (exact) mass is 382 g/mol. The predicted octanol–water partition coefficient (Wildman–Crippen LogP) is -3.38. The van der Waals surface area contributed by atoms with E-state index in [1.807, 2.05) is 6.92 Å². The molecule has 2 aliphatic heterocycles. The number of piperazine rings is 1. The Morgan fingerprint density at radius 3 is 2.31 bits per heavy atom. The van der Waals surface area contributed by atoms with Gasteiger partial charge in [-0.25, -0.2) is 0 Å². The Morgan fingerprint density at radius 2 is 1.73 bits per heavy atom. The van der Waals surface area contributed by atoms with Crippen molar-refractivity contribution in [1.29, 1.82) is 0 Å². The number of hydrogen-bond acceptors (Lipinski definition) is 11. The van der Waals surface area contributed by atoms with E-state index in [9.17, 15) is 35.8 Å². The summed E-state index contributed by atoms with van der Waals surface area (Å²) >= 11 is 0. The average molecular weight is 382 g/mol. The minimum atomic E-state index is -1.65. The summed E-state index contributed by atoms with van der Waals surface area (Å²) in [5, 5.41) is 69.5. The first-order valence-electron chi connectivity index (χ1n) is 8.81. The third kappa shape index (κ3) is 4.51. The Balaban J connectivity index is 2.15. The van der Waals surface area contributed by atoms with Crippen LogP contribution in [0.25, 0.3) is 0 Å². The molecule has 154 valence electrons. The number of unbranched alkanes of at least 4 members (excludes halogenated alkanes) is 1. The van der Waals surface area contributed by atoms with E-state index in [-0.39, 0.29) is 6.54 Å². The first kappa shape index (κ1) is 21.9. The van der Waals surface area contributed by atoms with Crippen molar-refractivity contribution in [3.8, 4) is 0 Å². The topological polar surface area (TPSA) is 167 Å². The fourth-order valence-electron chi connectivity index (χ4n) is 3.25. The van der Waals surface area contributed by atoms with E-state index in [0.29, 0.717) is 11.6 Å². The van der Waals surface area contributed by atoms with Crippen molar-refractivity contribution in [3.05, 3.63) is 0 Å². The number of nitrogens with zero attached hydrogens (tertiary/aromatic N) is 2. The summed E-state index contributed by atoms with van der Waals surface area (Å²) in [4.78, 5) is 1.76. The number of aliphatic hydroxyl groups excluding tert-OH is 6. The Bertz CT molecular complexity index is 430. The van der Waals surface area contributed by atoms with Gasteiger partial charge in [0, 0.05) is 6.54 Å². The molecule has 2 saturated heterocycles. The van der Waals surface area contributed by atoms with Gasteiger partial charge in [0.25, 0.3) is 0 Å². The molecule has 0 aromatic heterocycles. The largest absolute Gasteiger partial charge is 0.395 e. The zero-order chi connectivity index (χ0) is 19.4. The molecular formula is C15H30N2O9. The van der Waals surface area contributed by atoms with Crippen LogP contribution in [0.2, 0.25) is 0 Å². The van der Waals surface area contributed by atoms with Crippen LogP contribution in [0.1, 0.15) is 19.8 Å². The van der Waals surface area contributed by atoms with Crippen molar-refractivity contribution in [2.24, 2.45) is 0 Å². The van der Waals surface area contributed by atoms with Crippen LogP contribution in [0.15, 0.2) is 0 Å². The van der Waals surface area contributed by atoms with Gasteiger partial charge in [-0.05, 0) is 13.0 Å². The van der Waals surface area contributed by atoms with E-state index in [2.05, 4.69) is 0 Å². The van der Waals surface area contributed by atoms with Gasteiger partial charge in [-0.3, -0.25) is 4.90 Å². The molecule has 2 fully saturated rings. The Morgan fingerprint density at radius 1 is 1.04 bits per heavy atom. The molecule has 0 aromatic rings. The molecule has 0 aliphatic carbocycles. The van der Waals surface area contributed by atoms with E-state index in [1.54, 1.807) is 4.90 Å². The van der Waals surface area contributed by atoms with E-state index in [0.717, 1.165) is 12.8 Å². The molecule has 0 saturated carbocycles. The highest BCUT2D eigenvalue weighted by Gasteiger charge is 2.48. The highest BCUT2D eigenvalue weighted by atomic mass is 16.7. The zero-order valence-electron chi connectivity index (χ0n) is 14.7. The predicted molar refractivity (Wildman–Crippen MR) is 85.6 cm³/mol. The molecule has 0 unspecified atom stereocenters. The van der Waals surface area contributed by atoms with Gasteiger partial charge in [-0.1, -0.05) is 13.3 Å². The summed E-state index contributed by atoms with van der Waals surface area (Å²) in [5.41, 5.74) is 0. The zero-order valence-corrected chi connectivity index (χ0v) is 14.7. The number of β-amino-alcohol motifs (C(OH)–C–C–N with tert-alkyl or cyclic N) is 1. The summed E-state index contributed by atoms with van der Waals surface area (Å²) in [5.74, 6) is 0. The van der Waals surface area contributed by atoms with Crippen LogP contribution in [0.3, 0.4) is 0 Å². The fourth-order valence-corrected chi connectivity index (χ4v) is 3.25. The molecule has 8 atom stereocenters. The molecule has 2 aliphatic rings. The average Bonchev–Trinajstić information content (AvgIpc) is 2.63. The maximum atomic E-state index is 10.2. The normalized spacial score (nSPS) is 42.9.